The normalized spacial score (nSPS) is 7.50. The molecule has 0 fully saturated rings. The highest BCUT2D eigenvalue weighted by Gasteiger charge is 1.86. The molecule has 0 heterocycles. The van der Waals surface area contributed by atoms with E-state index in [4.69, 9.17) is 0 Å². The molecule has 0 aliphatic rings. The van der Waals surface area contributed by atoms with Gasteiger partial charge in [-0.1, -0.05) is 76.6 Å². The molecule has 0 aliphatic carbocycles. The molecule has 0 aliphatic heterocycles. The van der Waals surface area contributed by atoms with Crippen LogP contribution in [-0.2, 0) is 0 Å². The van der Waals surface area contributed by atoms with Gasteiger partial charge in [0.2, 0.25) is 0 Å². The lowest BCUT2D eigenvalue weighted by molar-refractivity contribution is 1.09. The maximum absolute atomic E-state index is 3.83. The van der Waals surface area contributed by atoms with Crippen LogP contribution >= 0.6 is 0 Å². The Hall–Kier alpha value is -1.04. The fourth-order valence-electron chi connectivity index (χ4n) is 0.723. The molecule has 0 heteroatoms. The molecule has 0 nitrogen and oxygen atoms in total. The van der Waals surface area contributed by atoms with E-state index in [0.717, 1.165) is 5.57 Å². The van der Waals surface area contributed by atoms with E-state index in [1.165, 1.54) is 12.0 Å². The molecule has 1 aromatic carbocycles. The summed E-state index contributed by atoms with van der Waals surface area (Å²) in [6.45, 7) is 14.1. The zero-order valence-electron chi connectivity index (χ0n) is 10.3. The van der Waals surface area contributed by atoms with Crippen LogP contribution in [0.4, 0.5) is 0 Å². The van der Waals surface area contributed by atoms with Crippen molar-refractivity contribution in [2.45, 2.75) is 41.0 Å². The molecule has 0 saturated heterocycles. The second kappa shape index (κ2) is 12.0. The Bertz CT molecular complexity index is 209. The zero-order valence-corrected chi connectivity index (χ0v) is 10.3. The van der Waals surface area contributed by atoms with Gasteiger partial charge in [-0.05, 0) is 12.5 Å². The average Bonchev–Trinajstić information content (AvgIpc) is 2.23. The minimum atomic E-state index is 1.12. The van der Waals surface area contributed by atoms with Gasteiger partial charge in [0.25, 0.3) is 0 Å². The van der Waals surface area contributed by atoms with Crippen molar-refractivity contribution in [1.82, 2.24) is 0 Å². The van der Waals surface area contributed by atoms with Gasteiger partial charge in [-0.15, -0.1) is 0 Å². The Morgan fingerprint density at radius 2 is 1.43 bits per heavy atom. The van der Waals surface area contributed by atoms with E-state index in [0.29, 0.717) is 0 Å². The molecule has 0 amide bonds. The van der Waals surface area contributed by atoms with Gasteiger partial charge in [0.05, 0.1) is 0 Å². The van der Waals surface area contributed by atoms with E-state index in [9.17, 15) is 0 Å². The molecule has 0 N–H and O–H groups in total. The van der Waals surface area contributed by atoms with E-state index in [2.05, 4.69) is 32.6 Å². The Labute approximate surface area is 89.7 Å². The lowest BCUT2D eigenvalue weighted by Gasteiger charge is -1.94. The molecular formula is C14H24. The molecule has 0 spiro atoms. The first-order chi connectivity index (χ1) is 6.72. The highest BCUT2D eigenvalue weighted by atomic mass is 13.9. The molecule has 80 valence electrons. The maximum atomic E-state index is 3.83. The number of allylic oxidation sites excluding steroid dienone is 1. The van der Waals surface area contributed by atoms with Crippen molar-refractivity contribution in [3.8, 4) is 0 Å². The van der Waals surface area contributed by atoms with Gasteiger partial charge < -0.3 is 0 Å². The predicted molar refractivity (Wildman–Crippen MR) is 68.5 cm³/mol. The van der Waals surface area contributed by atoms with Gasteiger partial charge >= 0.3 is 0 Å². The summed E-state index contributed by atoms with van der Waals surface area (Å²) >= 11 is 0. The Balaban J connectivity index is 0. The summed E-state index contributed by atoms with van der Waals surface area (Å²) in [6, 6.07) is 10.2. The lowest BCUT2D eigenvalue weighted by atomic mass is 10.1. The Morgan fingerprint density at radius 3 is 1.64 bits per heavy atom. The molecular weight excluding hydrogens is 168 g/mol. The standard InChI is InChI=1S/C9H10.C3H8.C2H6/c1-8(2)9-6-4-3-5-7-9;1-3-2;1-2/h3-7H,1H2,2H3;3H2,1-2H3;1-2H3. The summed E-state index contributed by atoms with van der Waals surface area (Å²) in [5.74, 6) is 0. The summed E-state index contributed by atoms with van der Waals surface area (Å²) in [6.07, 6.45) is 1.25. The predicted octanol–water partition coefficient (Wildman–Crippen LogP) is 5.16. The van der Waals surface area contributed by atoms with E-state index < -0.39 is 0 Å². The maximum Gasteiger partial charge on any atom is -0.0233 e. The van der Waals surface area contributed by atoms with Gasteiger partial charge in [-0.25, -0.2) is 0 Å². The van der Waals surface area contributed by atoms with Crippen LogP contribution in [0, 0.1) is 0 Å². The number of benzene rings is 1. The SMILES string of the molecule is C=C(C)c1ccccc1.CC.CCC. The van der Waals surface area contributed by atoms with Gasteiger partial charge in [-0.2, -0.15) is 0 Å². The first-order valence-electron chi connectivity index (χ1n) is 5.43. The van der Waals surface area contributed by atoms with Crippen LogP contribution in [0.5, 0.6) is 0 Å². The van der Waals surface area contributed by atoms with Gasteiger partial charge in [-0.3, -0.25) is 0 Å². The van der Waals surface area contributed by atoms with Crippen molar-refractivity contribution in [3.05, 3.63) is 42.5 Å². The highest BCUT2D eigenvalue weighted by Crippen LogP contribution is 2.08. The molecule has 1 rings (SSSR count). The summed E-state index contributed by atoms with van der Waals surface area (Å²) in [5, 5.41) is 0. The van der Waals surface area contributed by atoms with Crippen LogP contribution in [0.2, 0.25) is 0 Å². The molecule has 0 atom stereocenters. The lowest BCUT2D eigenvalue weighted by Crippen LogP contribution is -1.72. The molecule has 14 heavy (non-hydrogen) atoms. The minimum absolute atomic E-state index is 1.12. The third kappa shape index (κ3) is 9.05. The van der Waals surface area contributed by atoms with Crippen molar-refractivity contribution in [3.63, 3.8) is 0 Å². The van der Waals surface area contributed by atoms with Crippen molar-refractivity contribution in [1.29, 1.82) is 0 Å². The van der Waals surface area contributed by atoms with Crippen LogP contribution in [0.3, 0.4) is 0 Å². The Morgan fingerprint density at radius 1 is 1.07 bits per heavy atom. The van der Waals surface area contributed by atoms with E-state index >= 15 is 0 Å². The number of rotatable bonds is 1. The summed E-state index contributed by atoms with van der Waals surface area (Å²) in [7, 11) is 0. The average molecular weight is 192 g/mol. The Kier molecular flexibility index (Phi) is 13.2. The zero-order chi connectivity index (χ0) is 11.4. The highest BCUT2D eigenvalue weighted by molar-refractivity contribution is 5.60. The first kappa shape index (κ1) is 15.4. The monoisotopic (exact) mass is 192 g/mol. The third-order valence-electron chi connectivity index (χ3n) is 1.27. The fourth-order valence-corrected chi connectivity index (χ4v) is 0.723. The third-order valence-corrected chi connectivity index (χ3v) is 1.27. The van der Waals surface area contributed by atoms with E-state index in [1.54, 1.807) is 0 Å². The van der Waals surface area contributed by atoms with Gasteiger partial charge in [0.1, 0.15) is 0 Å². The largest absolute Gasteiger partial charge is 0.0955 e. The molecule has 0 radical (unpaired) electrons. The van der Waals surface area contributed by atoms with Gasteiger partial charge in [0, 0.05) is 0 Å². The first-order valence-corrected chi connectivity index (χ1v) is 5.43. The second-order valence-electron chi connectivity index (χ2n) is 2.85. The van der Waals surface area contributed by atoms with Crippen LogP contribution in [0.1, 0.15) is 46.6 Å². The summed E-state index contributed by atoms with van der Waals surface area (Å²) in [4.78, 5) is 0. The van der Waals surface area contributed by atoms with E-state index in [1.807, 2.05) is 39.0 Å². The number of hydrogen-bond acceptors (Lipinski definition) is 0. The quantitative estimate of drug-likeness (QED) is 0.576. The molecule has 0 aromatic heterocycles. The van der Waals surface area contributed by atoms with Crippen molar-refractivity contribution >= 4 is 5.57 Å². The van der Waals surface area contributed by atoms with Crippen molar-refractivity contribution in [2.24, 2.45) is 0 Å². The molecule has 0 saturated carbocycles. The topological polar surface area (TPSA) is 0 Å². The van der Waals surface area contributed by atoms with Crippen LogP contribution in [0.25, 0.3) is 5.57 Å². The smallest absolute Gasteiger partial charge is 0.0233 e. The molecule has 1 aromatic rings. The van der Waals surface area contributed by atoms with Crippen LogP contribution in [-0.4, -0.2) is 0 Å². The summed E-state index contributed by atoms with van der Waals surface area (Å²) in [5.41, 5.74) is 2.34. The van der Waals surface area contributed by atoms with Gasteiger partial charge in [0.15, 0.2) is 0 Å². The second-order valence-corrected chi connectivity index (χ2v) is 2.85. The number of hydrogen-bond donors (Lipinski definition) is 0. The summed E-state index contributed by atoms with van der Waals surface area (Å²) < 4.78 is 0. The minimum Gasteiger partial charge on any atom is -0.0955 e. The fraction of sp³-hybridized carbons (Fsp3) is 0.429. The van der Waals surface area contributed by atoms with Crippen molar-refractivity contribution in [2.75, 3.05) is 0 Å². The van der Waals surface area contributed by atoms with E-state index in [-0.39, 0.29) is 0 Å². The van der Waals surface area contributed by atoms with Crippen LogP contribution < -0.4 is 0 Å². The van der Waals surface area contributed by atoms with Crippen LogP contribution in [0.15, 0.2) is 36.9 Å². The van der Waals surface area contributed by atoms with Crippen molar-refractivity contribution < 1.29 is 0 Å². The molecule has 0 unspecified atom stereocenters. The molecule has 0 bridgehead atoms.